The fourth-order valence-corrected chi connectivity index (χ4v) is 3.21. The molecule has 3 rings (SSSR count). The smallest absolute Gasteiger partial charge is 0.265 e. The van der Waals surface area contributed by atoms with Crippen LogP contribution in [0.3, 0.4) is 0 Å². The lowest BCUT2D eigenvalue weighted by Gasteiger charge is -2.25. The van der Waals surface area contributed by atoms with E-state index in [-0.39, 0.29) is 11.9 Å². The maximum Gasteiger partial charge on any atom is 0.265 e. The van der Waals surface area contributed by atoms with Crippen LogP contribution < -0.4 is 16.0 Å². The van der Waals surface area contributed by atoms with E-state index in [1.54, 1.807) is 0 Å². The molecule has 8 heteroatoms. The minimum absolute atomic E-state index is 0.0795. The molecule has 1 unspecified atom stereocenters. The number of nitrogen functional groups attached to an aromatic ring is 1. The van der Waals surface area contributed by atoms with Gasteiger partial charge in [-0.1, -0.05) is 11.3 Å². The van der Waals surface area contributed by atoms with E-state index in [0.717, 1.165) is 24.6 Å². The minimum Gasteiger partial charge on any atom is -0.382 e. The monoisotopic (exact) mass is 298 g/mol. The second-order valence-electron chi connectivity index (χ2n) is 4.84. The van der Waals surface area contributed by atoms with Crippen LogP contribution in [0.2, 0.25) is 0 Å². The lowest BCUT2D eigenvalue weighted by atomic mass is 10.2. The summed E-state index contributed by atoms with van der Waals surface area (Å²) in [7, 11) is 0. The van der Waals surface area contributed by atoms with E-state index < -0.39 is 0 Å². The summed E-state index contributed by atoms with van der Waals surface area (Å²) in [5, 5.41) is 3.73. The Morgan fingerprint density at radius 3 is 2.85 bits per heavy atom. The maximum absolute atomic E-state index is 12.2. The zero-order chi connectivity index (χ0) is 13.9. The number of aromatic nitrogens is 1. The molecule has 0 radical (unpaired) electrons. The third kappa shape index (κ3) is 2.87. The predicted octanol–water partition coefficient (Wildman–Crippen LogP) is 0.0806. The van der Waals surface area contributed by atoms with Crippen molar-refractivity contribution >= 4 is 28.2 Å². The number of carbonyl (C=O) groups excluding carboxylic acids is 1. The van der Waals surface area contributed by atoms with Gasteiger partial charge in [0.25, 0.3) is 5.91 Å². The molecule has 0 spiro atoms. The Morgan fingerprint density at radius 2 is 2.15 bits per heavy atom. The molecule has 2 aliphatic heterocycles. The summed E-state index contributed by atoms with van der Waals surface area (Å²) in [6, 6.07) is 0.0795. The Kier molecular flexibility index (Phi) is 4.04. The summed E-state index contributed by atoms with van der Waals surface area (Å²) in [5.41, 5.74) is 5.87. The number of rotatable bonds is 3. The number of ether oxygens (including phenoxy) is 2. The van der Waals surface area contributed by atoms with Gasteiger partial charge in [-0.25, -0.2) is 4.98 Å². The minimum atomic E-state index is -0.157. The first-order valence-corrected chi connectivity index (χ1v) is 7.53. The van der Waals surface area contributed by atoms with Crippen molar-refractivity contribution < 1.29 is 14.3 Å². The van der Waals surface area contributed by atoms with Crippen molar-refractivity contribution in [3.63, 3.8) is 0 Å². The predicted molar refractivity (Wildman–Crippen MR) is 76.2 cm³/mol. The largest absolute Gasteiger partial charge is 0.382 e. The zero-order valence-electron chi connectivity index (χ0n) is 11.1. The van der Waals surface area contributed by atoms with E-state index in [4.69, 9.17) is 15.2 Å². The average Bonchev–Trinajstić information content (AvgIpc) is 3.09. The Balaban J connectivity index is 1.69. The van der Waals surface area contributed by atoms with E-state index in [1.807, 2.05) is 0 Å². The van der Waals surface area contributed by atoms with Gasteiger partial charge in [0.1, 0.15) is 10.7 Å². The van der Waals surface area contributed by atoms with Gasteiger partial charge in [0.05, 0.1) is 25.9 Å². The van der Waals surface area contributed by atoms with E-state index in [9.17, 15) is 4.79 Å². The molecule has 1 aromatic rings. The Bertz CT molecular complexity index is 481. The number of amides is 1. The maximum atomic E-state index is 12.2. The number of anilines is 2. The van der Waals surface area contributed by atoms with Crippen molar-refractivity contribution in [3.8, 4) is 0 Å². The summed E-state index contributed by atoms with van der Waals surface area (Å²) >= 11 is 1.34. The Labute approximate surface area is 121 Å². The number of morpholine rings is 1. The van der Waals surface area contributed by atoms with Crippen molar-refractivity contribution in [2.45, 2.75) is 12.5 Å². The van der Waals surface area contributed by atoms with Gasteiger partial charge in [0.2, 0.25) is 0 Å². The standard InChI is InChI=1S/C12H18N4O3S/c13-10-9(11(17)14-8-1-4-19-7-8)20-12(15-10)16-2-5-18-6-3-16/h8H,1-7,13H2,(H,14,17). The third-order valence-electron chi connectivity index (χ3n) is 3.39. The molecule has 0 bridgehead atoms. The molecule has 20 heavy (non-hydrogen) atoms. The second-order valence-corrected chi connectivity index (χ2v) is 5.82. The van der Waals surface area contributed by atoms with Crippen molar-refractivity contribution in [2.24, 2.45) is 0 Å². The number of nitrogens with zero attached hydrogens (tertiary/aromatic N) is 2. The first-order valence-electron chi connectivity index (χ1n) is 6.71. The first kappa shape index (κ1) is 13.6. The van der Waals surface area contributed by atoms with Crippen LogP contribution in [-0.2, 0) is 9.47 Å². The van der Waals surface area contributed by atoms with Crippen LogP contribution in [0.25, 0.3) is 0 Å². The molecule has 7 nitrogen and oxygen atoms in total. The molecule has 0 aromatic carbocycles. The zero-order valence-corrected chi connectivity index (χ0v) is 11.9. The van der Waals surface area contributed by atoms with Gasteiger partial charge >= 0.3 is 0 Å². The summed E-state index contributed by atoms with van der Waals surface area (Å²) in [6.07, 6.45) is 0.848. The summed E-state index contributed by atoms with van der Waals surface area (Å²) in [6.45, 7) is 4.19. The number of nitrogens with two attached hydrogens (primary N) is 1. The highest BCUT2D eigenvalue weighted by atomic mass is 32.1. The summed E-state index contributed by atoms with van der Waals surface area (Å²) in [4.78, 5) is 19.1. The number of hydrogen-bond donors (Lipinski definition) is 2. The van der Waals surface area contributed by atoms with Gasteiger partial charge in [0.15, 0.2) is 5.13 Å². The molecule has 2 saturated heterocycles. The third-order valence-corrected chi connectivity index (χ3v) is 4.53. The molecule has 1 aromatic heterocycles. The number of thiazole rings is 1. The fraction of sp³-hybridized carbons (Fsp3) is 0.667. The summed E-state index contributed by atoms with van der Waals surface area (Å²) < 4.78 is 10.5. The van der Waals surface area contributed by atoms with E-state index in [2.05, 4.69) is 15.2 Å². The Morgan fingerprint density at radius 1 is 1.35 bits per heavy atom. The lowest BCUT2D eigenvalue weighted by molar-refractivity contribution is 0.0934. The number of nitrogens with one attached hydrogen (secondary N) is 1. The van der Waals surface area contributed by atoms with Crippen LogP contribution in [0, 0.1) is 0 Å². The van der Waals surface area contributed by atoms with Gasteiger partial charge in [0, 0.05) is 19.7 Å². The van der Waals surface area contributed by atoms with Gasteiger partial charge in [-0.05, 0) is 6.42 Å². The Hall–Kier alpha value is -1.38. The molecular formula is C12H18N4O3S. The van der Waals surface area contributed by atoms with E-state index >= 15 is 0 Å². The molecule has 2 aliphatic rings. The van der Waals surface area contributed by atoms with Crippen molar-refractivity contribution in [1.29, 1.82) is 0 Å². The molecule has 1 atom stereocenters. The van der Waals surface area contributed by atoms with Crippen LogP contribution in [0.4, 0.5) is 10.9 Å². The van der Waals surface area contributed by atoms with Crippen LogP contribution >= 0.6 is 11.3 Å². The second kappa shape index (κ2) is 5.94. The van der Waals surface area contributed by atoms with Gasteiger partial charge < -0.3 is 25.4 Å². The average molecular weight is 298 g/mol. The molecular weight excluding hydrogens is 280 g/mol. The lowest BCUT2D eigenvalue weighted by Crippen LogP contribution is -2.36. The topological polar surface area (TPSA) is 89.7 Å². The highest BCUT2D eigenvalue weighted by Crippen LogP contribution is 2.28. The SMILES string of the molecule is Nc1nc(N2CCOCC2)sc1C(=O)NC1CCOC1. The van der Waals surface area contributed by atoms with Crippen LogP contribution in [0.5, 0.6) is 0 Å². The van der Waals surface area contributed by atoms with Crippen LogP contribution in [0.1, 0.15) is 16.1 Å². The van der Waals surface area contributed by atoms with Gasteiger partial charge in [-0.2, -0.15) is 0 Å². The molecule has 1 amide bonds. The highest BCUT2D eigenvalue weighted by Gasteiger charge is 2.24. The molecule has 0 saturated carbocycles. The molecule has 3 N–H and O–H groups in total. The van der Waals surface area contributed by atoms with Crippen LogP contribution in [-0.4, -0.2) is 56.5 Å². The summed E-state index contributed by atoms with van der Waals surface area (Å²) in [5.74, 6) is 0.142. The molecule has 2 fully saturated rings. The van der Waals surface area contributed by atoms with Crippen molar-refractivity contribution in [2.75, 3.05) is 50.2 Å². The first-order chi connectivity index (χ1) is 9.74. The normalized spacial score (nSPS) is 23.0. The van der Waals surface area contributed by atoms with Crippen molar-refractivity contribution in [3.05, 3.63) is 4.88 Å². The van der Waals surface area contributed by atoms with Gasteiger partial charge in [-0.3, -0.25) is 4.79 Å². The molecule has 0 aliphatic carbocycles. The van der Waals surface area contributed by atoms with E-state index in [0.29, 0.717) is 37.1 Å². The number of hydrogen-bond acceptors (Lipinski definition) is 7. The fourth-order valence-electron chi connectivity index (χ4n) is 2.27. The quantitative estimate of drug-likeness (QED) is 0.821. The van der Waals surface area contributed by atoms with E-state index in [1.165, 1.54) is 11.3 Å². The highest BCUT2D eigenvalue weighted by molar-refractivity contribution is 7.18. The van der Waals surface area contributed by atoms with Crippen molar-refractivity contribution in [1.82, 2.24) is 10.3 Å². The molecule has 3 heterocycles. The van der Waals surface area contributed by atoms with Crippen LogP contribution in [0.15, 0.2) is 0 Å². The van der Waals surface area contributed by atoms with Gasteiger partial charge in [-0.15, -0.1) is 0 Å². The number of carbonyl (C=O) groups is 1. The molecule has 110 valence electrons.